The summed E-state index contributed by atoms with van der Waals surface area (Å²) in [5.74, 6) is 0. The van der Waals surface area contributed by atoms with Gasteiger partial charge in [0.2, 0.25) is 0 Å². The largest absolute Gasteiger partial charge is 0.0801 e. The van der Waals surface area contributed by atoms with E-state index in [9.17, 15) is 0 Å². The van der Waals surface area contributed by atoms with Crippen molar-refractivity contribution in [2.45, 2.75) is 52.9 Å². The molecular formula is C24H26. The number of hydrogen-bond donors (Lipinski definition) is 0. The van der Waals surface area contributed by atoms with Gasteiger partial charge in [0, 0.05) is 0 Å². The smallest absolute Gasteiger partial charge is 0.000719 e. The van der Waals surface area contributed by atoms with E-state index in [1.54, 1.807) is 33.4 Å². The van der Waals surface area contributed by atoms with E-state index in [-0.39, 0.29) is 0 Å². The van der Waals surface area contributed by atoms with Crippen molar-refractivity contribution in [2.24, 2.45) is 0 Å². The fourth-order valence-corrected chi connectivity index (χ4v) is 4.81. The Labute approximate surface area is 145 Å². The molecule has 0 heteroatoms. The van der Waals surface area contributed by atoms with Gasteiger partial charge in [0.15, 0.2) is 0 Å². The van der Waals surface area contributed by atoms with Crippen LogP contribution < -0.4 is 0 Å². The predicted molar refractivity (Wildman–Crippen MR) is 105 cm³/mol. The molecule has 2 aliphatic carbocycles. The topological polar surface area (TPSA) is 0 Å². The molecule has 0 heterocycles. The average molecular weight is 314 g/mol. The highest BCUT2D eigenvalue weighted by atomic mass is 14.3. The Kier molecular flexibility index (Phi) is 3.92. The minimum absolute atomic E-state index is 1.09. The van der Waals surface area contributed by atoms with E-state index in [1.807, 2.05) is 0 Å². The summed E-state index contributed by atoms with van der Waals surface area (Å²) >= 11 is 0. The monoisotopic (exact) mass is 314 g/mol. The lowest BCUT2D eigenvalue weighted by Gasteiger charge is -2.23. The SMILES string of the molecule is CCc1c(CC)c(C2=CC=CC2)c2c(c1CC)-c1ccccc1C2. The zero-order valence-corrected chi connectivity index (χ0v) is 15.1. The summed E-state index contributed by atoms with van der Waals surface area (Å²) in [5.41, 5.74) is 14.1. The summed E-state index contributed by atoms with van der Waals surface area (Å²) in [6.07, 6.45) is 12.4. The molecule has 0 fully saturated rings. The summed E-state index contributed by atoms with van der Waals surface area (Å²) in [6, 6.07) is 9.03. The van der Waals surface area contributed by atoms with E-state index in [2.05, 4.69) is 63.3 Å². The highest BCUT2D eigenvalue weighted by Crippen LogP contribution is 2.47. The molecule has 0 aliphatic heterocycles. The second-order valence-corrected chi connectivity index (χ2v) is 6.88. The number of hydrogen-bond acceptors (Lipinski definition) is 0. The lowest BCUT2D eigenvalue weighted by molar-refractivity contribution is 0.969. The van der Waals surface area contributed by atoms with Gasteiger partial charge in [-0.2, -0.15) is 0 Å². The Hall–Kier alpha value is -2.08. The first-order valence-electron chi connectivity index (χ1n) is 9.43. The van der Waals surface area contributed by atoms with E-state index in [4.69, 9.17) is 0 Å². The second kappa shape index (κ2) is 6.09. The first-order chi connectivity index (χ1) is 11.8. The fraction of sp³-hybridized carbons (Fsp3) is 0.333. The molecule has 24 heavy (non-hydrogen) atoms. The third-order valence-corrected chi connectivity index (χ3v) is 5.74. The first kappa shape index (κ1) is 15.4. The molecule has 0 bridgehead atoms. The molecule has 2 aliphatic rings. The Balaban J connectivity index is 2.09. The normalized spacial score (nSPS) is 14.7. The number of rotatable bonds is 4. The van der Waals surface area contributed by atoms with Crippen LogP contribution in [0.2, 0.25) is 0 Å². The molecule has 0 aromatic heterocycles. The van der Waals surface area contributed by atoms with Crippen LogP contribution in [0, 0.1) is 0 Å². The molecule has 0 N–H and O–H groups in total. The van der Waals surface area contributed by atoms with Crippen molar-refractivity contribution in [2.75, 3.05) is 0 Å². The van der Waals surface area contributed by atoms with E-state index >= 15 is 0 Å². The molecule has 0 saturated carbocycles. The fourth-order valence-electron chi connectivity index (χ4n) is 4.81. The van der Waals surface area contributed by atoms with Crippen LogP contribution in [0.4, 0.5) is 0 Å². The minimum atomic E-state index is 1.09. The van der Waals surface area contributed by atoms with Crippen LogP contribution >= 0.6 is 0 Å². The van der Waals surface area contributed by atoms with Crippen LogP contribution in [0.1, 0.15) is 60.6 Å². The molecule has 0 unspecified atom stereocenters. The Morgan fingerprint density at radius 3 is 2.21 bits per heavy atom. The maximum absolute atomic E-state index is 2.34. The van der Waals surface area contributed by atoms with Crippen LogP contribution in [-0.4, -0.2) is 0 Å². The zero-order chi connectivity index (χ0) is 16.7. The molecule has 2 aromatic rings. The maximum atomic E-state index is 2.34. The highest BCUT2D eigenvalue weighted by Gasteiger charge is 2.29. The van der Waals surface area contributed by atoms with Crippen molar-refractivity contribution < 1.29 is 0 Å². The third-order valence-electron chi connectivity index (χ3n) is 5.74. The average Bonchev–Trinajstić information content (AvgIpc) is 3.27. The van der Waals surface area contributed by atoms with Gasteiger partial charge < -0.3 is 0 Å². The lowest BCUT2D eigenvalue weighted by atomic mass is 9.81. The van der Waals surface area contributed by atoms with Crippen molar-refractivity contribution in [3.63, 3.8) is 0 Å². The maximum Gasteiger partial charge on any atom is -0.000719 e. The quantitative estimate of drug-likeness (QED) is 0.531. The number of benzene rings is 2. The summed E-state index contributed by atoms with van der Waals surface area (Å²) in [7, 11) is 0. The van der Waals surface area contributed by atoms with Crippen LogP contribution in [-0.2, 0) is 25.7 Å². The summed E-state index contributed by atoms with van der Waals surface area (Å²) in [6.45, 7) is 6.98. The molecule has 122 valence electrons. The molecule has 2 aromatic carbocycles. The van der Waals surface area contributed by atoms with Crippen molar-refractivity contribution in [1.29, 1.82) is 0 Å². The second-order valence-electron chi connectivity index (χ2n) is 6.88. The van der Waals surface area contributed by atoms with Gasteiger partial charge in [-0.05, 0) is 82.2 Å². The van der Waals surface area contributed by atoms with Gasteiger partial charge in [-0.15, -0.1) is 0 Å². The van der Waals surface area contributed by atoms with Gasteiger partial charge in [0.25, 0.3) is 0 Å². The first-order valence-corrected chi connectivity index (χ1v) is 9.43. The number of allylic oxidation sites excluding steroid dienone is 4. The molecule has 0 amide bonds. The van der Waals surface area contributed by atoms with E-state index in [0.717, 1.165) is 32.1 Å². The van der Waals surface area contributed by atoms with Crippen LogP contribution in [0.5, 0.6) is 0 Å². The predicted octanol–water partition coefficient (Wildman–Crippen LogP) is 6.29. The summed E-state index contributed by atoms with van der Waals surface area (Å²) in [5, 5.41) is 0. The van der Waals surface area contributed by atoms with Crippen LogP contribution in [0.25, 0.3) is 16.7 Å². The van der Waals surface area contributed by atoms with Gasteiger partial charge in [0.1, 0.15) is 0 Å². The highest BCUT2D eigenvalue weighted by molar-refractivity contribution is 5.89. The van der Waals surface area contributed by atoms with E-state index in [1.165, 1.54) is 16.7 Å². The molecule has 0 nitrogen and oxygen atoms in total. The molecular weight excluding hydrogens is 288 g/mol. The Morgan fingerprint density at radius 1 is 0.833 bits per heavy atom. The van der Waals surface area contributed by atoms with Crippen molar-refractivity contribution in [1.82, 2.24) is 0 Å². The minimum Gasteiger partial charge on any atom is -0.0801 e. The molecule has 0 radical (unpaired) electrons. The molecule has 4 rings (SSSR count). The number of fused-ring (bicyclic) bond motifs is 3. The molecule has 0 atom stereocenters. The Morgan fingerprint density at radius 2 is 1.54 bits per heavy atom. The van der Waals surface area contributed by atoms with E-state index in [0.29, 0.717) is 0 Å². The molecule has 0 saturated heterocycles. The van der Waals surface area contributed by atoms with Gasteiger partial charge in [0.05, 0.1) is 0 Å². The molecule has 0 spiro atoms. The van der Waals surface area contributed by atoms with Crippen molar-refractivity contribution >= 4 is 5.57 Å². The summed E-state index contributed by atoms with van der Waals surface area (Å²) in [4.78, 5) is 0. The van der Waals surface area contributed by atoms with Crippen molar-refractivity contribution in [3.05, 3.63) is 75.9 Å². The summed E-state index contributed by atoms with van der Waals surface area (Å²) < 4.78 is 0. The van der Waals surface area contributed by atoms with Gasteiger partial charge >= 0.3 is 0 Å². The van der Waals surface area contributed by atoms with Gasteiger partial charge in [-0.3, -0.25) is 0 Å². The van der Waals surface area contributed by atoms with Crippen molar-refractivity contribution in [3.8, 4) is 11.1 Å². The van der Waals surface area contributed by atoms with Gasteiger partial charge in [-0.25, -0.2) is 0 Å². The zero-order valence-electron chi connectivity index (χ0n) is 15.1. The Bertz CT molecular complexity index is 862. The van der Waals surface area contributed by atoms with Crippen LogP contribution in [0.3, 0.4) is 0 Å². The van der Waals surface area contributed by atoms with E-state index < -0.39 is 0 Å². The standard InChI is InChI=1S/C24H26/c1-4-18-19(5-2)23(16-11-7-8-12-16)22-15-17-13-9-10-14-21(17)24(22)20(18)6-3/h7-11,13-14H,4-6,12,15H2,1-3H3. The third kappa shape index (κ3) is 2.13. The van der Waals surface area contributed by atoms with Crippen LogP contribution in [0.15, 0.2) is 42.5 Å². The van der Waals surface area contributed by atoms with Gasteiger partial charge in [-0.1, -0.05) is 63.3 Å². The lowest BCUT2D eigenvalue weighted by Crippen LogP contribution is -2.08.